The van der Waals surface area contributed by atoms with Crippen molar-refractivity contribution in [3.05, 3.63) is 23.8 Å². The first-order valence-electron chi connectivity index (χ1n) is 6.81. The van der Waals surface area contributed by atoms with Crippen LogP contribution in [0.3, 0.4) is 0 Å². The van der Waals surface area contributed by atoms with Crippen LogP contribution in [0.1, 0.15) is 31.1 Å². The highest BCUT2D eigenvalue weighted by atomic mass is 16.5. The average molecular weight is 280 g/mol. The molecule has 0 radical (unpaired) electrons. The first kappa shape index (κ1) is 16.3. The molecular formula is C15H24N2O3. The molecule has 5 nitrogen and oxygen atoms in total. The Bertz CT molecular complexity index is 447. The highest BCUT2D eigenvalue weighted by Gasteiger charge is 2.18. The molecule has 5 heteroatoms. The van der Waals surface area contributed by atoms with Crippen LogP contribution in [0.5, 0.6) is 5.75 Å². The maximum Gasteiger partial charge on any atom is 0.251 e. The van der Waals surface area contributed by atoms with E-state index in [9.17, 15) is 4.79 Å². The second kappa shape index (κ2) is 7.75. The van der Waals surface area contributed by atoms with Gasteiger partial charge in [-0.05, 0) is 31.0 Å². The fourth-order valence-corrected chi connectivity index (χ4v) is 1.75. The van der Waals surface area contributed by atoms with E-state index in [2.05, 4.69) is 5.32 Å². The highest BCUT2D eigenvalue weighted by Crippen LogP contribution is 2.22. The molecule has 112 valence electrons. The third-order valence-corrected chi connectivity index (χ3v) is 3.12. The zero-order valence-corrected chi connectivity index (χ0v) is 12.6. The maximum atomic E-state index is 12.2. The van der Waals surface area contributed by atoms with Gasteiger partial charge in [-0.15, -0.1) is 0 Å². The van der Waals surface area contributed by atoms with E-state index in [1.807, 2.05) is 20.8 Å². The summed E-state index contributed by atoms with van der Waals surface area (Å²) in [5.74, 6) is 0.645. The number of nitrogens with two attached hydrogens (primary N) is 1. The van der Waals surface area contributed by atoms with E-state index in [1.165, 1.54) is 7.11 Å². The van der Waals surface area contributed by atoms with Gasteiger partial charge in [-0.2, -0.15) is 0 Å². The number of rotatable bonds is 7. The number of carbonyl (C=O) groups excluding carboxylic acids is 1. The molecule has 0 bridgehead atoms. The molecule has 0 saturated carbocycles. The van der Waals surface area contributed by atoms with Gasteiger partial charge in [-0.3, -0.25) is 4.79 Å². The highest BCUT2D eigenvalue weighted by molar-refractivity contribution is 5.95. The Balaban J connectivity index is 2.78. The molecule has 3 N–H and O–H groups in total. The minimum Gasteiger partial charge on any atom is -0.495 e. The zero-order chi connectivity index (χ0) is 15.1. The van der Waals surface area contributed by atoms with Crippen molar-refractivity contribution < 1.29 is 14.3 Å². The number of amides is 1. The summed E-state index contributed by atoms with van der Waals surface area (Å²) in [6.07, 6.45) is 0. The molecule has 0 spiro atoms. The van der Waals surface area contributed by atoms with Gasteiger partial charge in [0.05, 0.1) is 25.4 Å². The topological polar surface area (TPSA) is 73.6 Å². The average Bonchev–Trinajstić information content (AvgIpc) is 2.43. The molecule has 1 aromatic rings. The summed E-state index contributed by atoms with van der Waals surface area (Å²) in [6.45, 7) is 7.17. The summed E-state index contributed by atoms with van der Waals surface area (Å²) in [5.41, 5.74) is 6.78. The van der Waals surface area contributed by atoms with E-state index >= 15 is 0 Å². The number of benzene rings is 1. The van der Waals surface area contributed by atoms with Gasteiger partial charge in [0.25, 0.3) is 5.91 Å². The van der Waals surface area contributed by atoms with Crippen molar-refractivity contribution in [1.29, 1.82) is 0 Å². The molecule has 1 aromatic carbocycles. The van der Waals surface area contributed by atoms with Gasteiger partial charge >= 0.3 is 0 Å². The summed E-state index contributed by atoms with van der Waals surface area (Å²) in [5, 5.41) is 2.98. The van der Waals surface area contributed by atoms with Crippen molar-refractivity contribution in [3.63, 3.8) is 0 Å². The molecule has 0 aliphatic carbocycles. The number of carbonyl (C=O) groups is 1. The number of methoxy groups -OCH3 is 1. The maximum absolute atomic E-state index is 12.2. The SMILES string of the molecule is CCOCC(NC(=O)c1ccc(N)c(OC)c1)C(C)C. The molecular weight excluding hydrogens is 256 g/mol. The molecule has 0 aliphatic rings. The predicted octanol–water partition coefficient (Wildman–Crippen LogP) is 2.07. The van der Waals surface area contributed by atoms with Crippen molar-refractivity contribution in [1.82, 2.24) is 5.32 Å². The van der Waals surface area contributed by atoms with E-state index < -0.39 is 0 Å². The molecule has 1 amide bonds. The molecule has 0 saturated heterocycles. The van der Waals surface area contributed by atoms with Gasteiger partial charge in [-0.1, -0.05) is 13.8 Å². The second-order valence-electron chi connectivity index (χ2n) is 4.94. The molecule has 0 fully saturated rings. The number of nitrogens with one attached hydrogen (secondary N) is 1. The third kappa shape index (κ3) is 4.42. The standard InChI is InChI=1S/C15H24N2O3/c1-5-20-9-13(10(2)3)17-15(18)11-6-7-12(16)14(8-11)19-4/h6-8,10,13H,5,9,16H2,1-4H3,(H,17,18). The van der Waals surface area contributed by atoms with Crippen LogP contribution >= 0.6 is 0 Å². The number of anilines is 1. The van der Waals surface area contributed by atoms with Crippen LogP contribution in [-0.2, 0) is 4.74 Å². The lowest BCUT2D eigenvalue weighted by Gasteiger charge is -2.22. The van der Waals surface area contributed by atoms with E-state index in [1.54, 1.807) is 18.2 Å². The minimum absolute atomic E-state index is 0.0222. The lowest BCUT2D eigenvalue weighted by atomic mass is 10.0. The molecule has 1 unspecified atom stereocenters. The predicted molar refractivity (Wildman–Crippen MR) is 80.0 cm³/mol. The molecule has 20 heavy (non-hydrogen) atoms. The molecule has 0 aromatic heterocycles. The zero-order valence-electron chi connectivity index (χ0n) is 12.6. The summed E-state index contributed by atoms with van der Waals surface area (Å²) in [4.78, 5) is 12.2. The Morgan fingerprint density at radius 3 is 2.65 bits per heavy atom. The minimum atomic E-state index is -0.151. The summed E-state index contributed by atoms with van der Waals surface area (Å²) < 4.78 is 10.5. The van der Waals surface area contributed by atoms with Gasteiger partial charge in [0.1, 0.15) is 5.75 Å². The molecule has 0 heterocycles. The van der Waals surface area contributed by atoms with E-state index in [4.69, 9.17) is 15.2 Å². The van der Waals surface area contributed by atoms with E-state index in [-0.39, 0.29) is 11.9 Å². The smallest absolute Gasteiger partial charge is 0.251 e. The summed E-state index contributed by atoms with van der Waals surface area (Å²) >= 11 is 0. The molecule has 1 rings (SSSR count). The van der Waals surface area contributed by atoms with E-state index in [0.29, 0.717) is 36.1 Å². The molecule has 1 atom stereocenters. The van der Waals surface area contributed by atoms with Crippen molar-refractivity contribution >= 4 is 11.6 Å². The van der Waals surface area contributed by atoms with E-state index in [0.717, 1.165) is 0 Å². The number of hydrogen-bond donors (Lipinski definition) is 2. The lowest BCUT2D eigenvalue weighted by molar-refractivity contribution is 0.0806. The molecule has 0 aliphatic heterocycles. The quantitative estimate of drug-likeness (QED) is 0.750. The van der Waals surface area contributed by atoms with Crippen LogP contribution in [0, 0.1) is 5.92 Å². The van der Waals surface area contributed by atoms with Crippen LogP contribution in [-0.4, -0.2) is 32.3 Å². The van der Waals surface area contributed by atoms with Gasteiger partial charge in [-0.25, -0.2) is 0 Å². The van der Waals surface area contributed by atoms with Gasteiger partial charge in [0.2, 0.25) is 0 Å². The summed E-state index contributed by atoms with van der Waals surface area (Å²) in [7, 11) is 1.53. The fourth-order valence-electron chi connectivity index (χ4n) is 1.75. The lowest BCUT2D eigenvalue weighted by Crippen LogP contribution is -2.41. The first-order chi connectivity index (χ1) is 9.49. The van der Waals surface area contributed by atoms with Crippen LogP contribution in [0.4, 0.5) is 5.69 Å². The number of hydrogen-bond acceptors (Lipinski definition) is 4. The van der Waals surface area contributed by atoms with Crippen LogP contribution < -0.4 is 15.8 Å². The van der Waals surface area contributed by atoms with Crippen molar-refractivity contribution in [2.24, 2.45) is 5.92 Å². The fraction of sp³-hybridized carbons (Fsp3) is 0.533. The second-order valence-corrected chi connectivity index (χ2v) is 4.94. The summed E-state index contributed by atoms with van der Waals surface area (Å²) in [6, 6.07) is 4.97. The van der Waals surface area contributed by atoms with Gasteiger partial charge in [0.15, 0.2) is 0 Å². The van der Waals surface area contributed by atoms with Crippen LogP contribution in [0.2, 0.25) is 0 Å². The third-order valence-electron chi connectivity index (χ3n) is 3.12. The Morgan fingerprint density at radius 2 is 2.10 bits per heavy atom. The Labute approximate surface area is 120 Å². The number of ether oxygens (including phenoxy) is 2. The monoisotopic (exact) mass is 280 g/mol. The van der Waals surface area contributed by atoms with Crippen molar-refractivity contribution in [3.8, 4) is 5.75 Å². The Morgan fingerprint density at radius 1 is 1.40 bits per heavy atom. The first-order valence-corrected chi connectivity index (χ1v) is 6.81. The van der Waals surface area contributed by atoms with Gasteiger partial charge in [0, 0.05) is 12.2 Å². The normalized spacial score (nSPS) is 12.2. The van der Waals surface area contributed by atoms with Crippen LogP contribution in [0.15, 0.2) is 18.2 Å². The Hall–Kier alpha value is -1.75. The Kier molecular flexibility index (Phi) is 6.31. The largest absolute Gasteiger partial charge is 0.495 e. The van der Waals surface area contributed by atoms with Crippen LogP contribution in [0.25, 0.3) is 0 Å². The van der Waals surface area contributed by atoms with Gasteiger partial charge < -0.3 is 20.5 Å². The number of nitrogen functional groups attached to an aromatic ring is 1. The van der Waals surface area contributed by atoms with Crippen molar-refractivity contribution in [2.45, 2.75) is 26.8 Å². The van der Waals surface area contributed by atoms with Crippen molar-refractivity contribution in [2.75, 3.05) is 26.1 Å².